The van der Waals surface area contributed by atoms with E-state index in [0.717, 1.165) is 26.2 Å². The first-order valence-electron chi connectivity index (χ1n) is 9.82. The van der Waals surface area contributed by atoms with Crippen molar-refractivity contribution in [3.8, 4) is 0 Å². The number of nitrogens with zero attached hydrogens (tertiary/aromatic N) is 1. The first kappa shape index (κ1) is 17.4. The molecule has 25 heavy (non-hydrogen) atoms. The van der Waals surface area contributed by atoms with Gasteiger partial charge in [0.1, 0.15) is 0 Å². The first-order chi connectivity index (χ1) is 11.9. The van der Waals surface area contributed by atoms with Gasteiger partial charge in [0, 0.05) is 31.9 Å². The van der Waals surface area contributed by atoms with Crippen molar-refractivity contribution < 1.29 is 9.31 Å². The Balaban J connectivity index is 1.65. The minimum Gasteiger partial charge on any atom is -0.399 e. The van der Waals surface area contributed by atoms with Gasteiger partial charge in [-0.15, -0.1) is 0 Å². The Morgan fingerprint density at radius 1 is 1.04 bits per heavy atom. The Morgan fingerprint density at radius 3 is 2.24 bits per heavy atom. The van der Waals surface area contributed by atoms with E-state index in [9.17, 15) is 0 Å². The summed E-state index contributed by atoms with van der Waals surface area (Å²) in [4.78, 5) is 2.49. The van der Waals surface area contributed by atoms with Gasteiger partial charge in [0.05, 0.1) is 11.2 Å². The predicted octanol–water partition coefficient (Wildman–Crippen LogP) is 2.66. The van der Waals surface area contributed by atoms with Crippen molar-refractivity contribution in [2.45, 2.75) is 64.1 Å². The molecule has 1 aromatic rings. The third-order valence-corrected chi connectivity index (χ3v) is 6.60. The van der Waals surface area contributed by atoms with Crippen LogP contribution in [0.4, 0.5) is 5.69 Å². The summed E-state index contributed by atoms with van der Waals surface area (Å²) in [6.45, 7) is 12.8. The van der Waals surface area contributed by atoms with E-state index in [1.54, 1.807) is 0 Å². The maximum Gasteiger partial charge on any atom is 0.495 e. The molecule has 0 spiro atoms. The molecular formula is C20H31BN2O2. The molecule has 2 heterocycles. The molecule has 0 amide bonds. The highest BCUT2D eigenvalue weighted by Crippen LogP contribution is 2.40. The Kier molecular flexibility index (Phi) is 4.37. The molecule has 136 valence electrons. The summed E-state index contributed by atoms with van der Waals surface area (Å²) in [6, 6.07) is 6.93. The standard InChI is InChI=1S/C20H31BN2O2/c1-19(2)20(3,4)25-21(24-19)18-9-8-16(23-12-10-22-11-13-23)14-17(18)15-6-5-7-15/h8-9,14-15,22H,5-7,10-13H2,1-4H3. The normalized spacial score (nSPS) is 25.9. The molecule has 1 aromatic carbocycles. The van der Waals surface area contributed by atoms with Crippen LogP contribution < -0.4 is 15.7 Å². The lowest BCUT2D eigenvalue weighted by Gasteiger charge is -2.33. The van der Waals surface area contributed by atoms with Crippen molar-refractivity contribution in [1.82, 2.24) is 5.32 Å². The summed E-state index contributed by atoms with van der Waals surface area (Å²) in [5.74, 6) is 0.664. The van der Waals surface area contributed by atoms with E-state index in [2.05, 4.69) is 56.1 Å². The maximum absolute atomic E-state index is 6.35. The largest absolute Gasteiger partial charge is 0.495 e. The van der Waals surface area contributed by atoms with Crippen LogP contribution in [0.3, 0.4) is 0 Å². The van der Waals surface area contributed by atoms with E-state index in [1.807, 2.05) is 0 Å². The van der Waals surface area contributed by atoms with Crippen LogP contribution in [0.25, 0.3) is 0 Å². The minimum absolute atomic E-state index is 0.252. The molecule has 4 nitrogen and oxygen atoms in total. The van der Waals surface area contributed by atoms with Crippen molar-refractivity contribution in [3.05, 3.63) is 23.8 Å². The lowest BCUT2D eigenvalue weighted by atomic mass is 9.68. The molecule has 1 saturated carbocycles. The maximum atomic E-state index is 6.35. The minimum atomic E-state index is -0.286. The van der Waals surface area contributed by atoms with E-state index in [0.29, 0.717) is 5.92 Å². The lowest BCUT2D eigenvalue weighted by molar-refractivity contribution is 0.00578. The second-order valence-electron chi connectivity index (χ2n) is 8.77. The SMILES string of the molecule is CC1(C)OB(c2ccc(N3CCNCC3)cc2C2CCC2)OC1(C)C. The van der Waals surface area contributed by atoms with E-state index < -0.39 is 0 Å². The van der Waals surface area contributed by atoms with Gasteiger partial charge in [-0.2, -0.15) is 0 Å². The van der Waals surface area contributed by atoms with Crippen LogP contribution in [-0.2, 0) is 9.31 Å². The van der Waals surface area contributed by atoms with Gasteiger partial charge >= 0.3 is 7.12 Å². The molecule has 3 fully saturated rings. The molecule has 3 aliphatic rings. The summed E-state index contributed by atoms with van der Waals surface area (Å²) in [7, 11) is -0.252. The Bertz CT molecular complexity index is 621. The Morgan fingerprint density at radius 2 is 1.68 bits per heavy atom. The van der Waals surface area contributed by atoms with Crippen molar-refractivity contribution in [1.29, 1.82) is 0 Å². The molecule has 4 rings (SSSR count). The highest BCUT2D eigenvalue weighted by atomic mass is 16.7. The molecule has 0 unspecified atom stereocenters. The number of anilines is 1. The molecule has 0 bridgehead atoms. The number of hydrogen-bond acceptors (Lipinski definition) is 4. The van der Waals surface area contributed by atoms with Gasteiger partial charge in [-0.05, 0) is 69.6 Å². The lowest BCUT2D eigenvalue weighted by Crippen LogP contribution is -2.44. The molecule has 2 aliphatic heterocycles. The van der Waals surface area contributed by atoms with Crippen LogP contribution in [0.15, 0.2) is 18.2 Å². The van der Waals surface area contributed by atoms with Gasteiger partial charge in [0.15, 0.2) is 0 Å². The Labute approximate surface area is 152 Å². The molecule has 1 aliphatic carbocycles. The number of nitrogens with one attached hydrogen (secondary N) is 1. The fourth-order valence-electron chi connectivity index (χ4n) is 3.94. The molecule has 0 aromatic heterocycles. The highest BCUT2D eigenvalue weighted by Gasteiger charge is 2.52. The number of piperazine rings is 1. The van der Waals surface area contributed by atoms with E-state index >= 15 is 0 Å². The molecule has 1 N–H and O–H groups in total. The van der Waals surface area contributed by atoms with Gasteiger partial charge in [-0.1, -0.05) is 12.5 Å². The molecule has 2 saturated heterocycles. The van der Waals surface area contributed by atoms with Gasteiger partial charge in [-0.3, -0.25) is 0 Å². The van der Waals surface area contributed by atoms with Gasteiger partial charge in [0.2, 0.25) is 0 Å². The molecule has 5 heteroatoms. The first-order valence-corrected chi connectivity index (χ1v) is 9.82. The number of rotatable bonds is 3. The number of hydrogen-bond donors (Lipinski definition) is 1. The van der Waals surface area contributed by atoms with E-state index in [4.69, 9.17) is 9.31 Å². The average Bonchev–Trinajstić information content (AvgIpc) is 2.74. The zero-order valence-electron chi connectivity index (χ0n) is 16.1. The van der Waals surface area contributed by atoms with E-state index in [-0.39, 0.29) is 18.3 Å². The number of benzene rings is 1. The highest BCUT2D eigenvalue weighted by molar-refractivity contribution is 6.62. The van der Waals surface area contributed by atoms with E-state index in [1.165, 1.54) is 36.0 Å². The summed E-state index contributed by atoms with van der Waals surface area (Å²) < 4.78 is 12.7. The van der Waals surface area contributed by atoms with Crippen molar-refractivity contribution >= 4 is 18.3 Å². The quantitative estimate of drug-likeness (QED) is 0.857. The topological polar surface area (TPSA) is 33.7 Å². The third-order valence-electron chi connectivity index (χ3n) is 6.60. The van der Waals surface area contributed by atoms with Crippen LogP contribution in [0.2, 0.25) is 0 Å². The summed E-state index contributed by atoms with van der Waals surface area (Å²) >= 11 is 0. The summed E-state index contributed by atoms with van der Waals surface area (Å²) in [5.41, 5.74) is 3.46. The van der Waals surface area contributed by atoms with Crippen LogP contribution in [0.1, 0.15) is 58.4 Å². The second-order valence-corrected chi connectivity index (χ2v) is 8.77. The van der Waals surface area contributed by atoms with Crippen LogP contribution >= 0.6 is 0 Å². The molecule has 0 radical (unpaired) electrons. The van der Waals surface area contributed by atoms with Crippen molar-refractivity contribution in [2.75, 3.05) is 31.1 Å². The van der Waals surface area contributed by atoms with Crippen LogP contribution in [0, 0.1) is 0 Å². The zero-order valence-corrected chi connectivity index (χ0v) is 16.1. The van der Waals surface area contributed by atoms with Gasteiger partial charge in [-0.25, -0.2) is 0 Å². The summed E-state index contributed by atoms with van der Waals surface area (Å²) in [5, 5.41) is 3.44. The van der Waals surface area contributed by atoms with Crippen molar-refractivity contribution in [2.24, 2.45) is 0 Å². The predicted molar refractivity (Wildman–Crippen MR) is 104 cm³/mol. The van der Waals surface area contributed by atoms with Crippen LogP contribution in [0.5, 0.6) is 0 Å². The smallest absolute Gasteiger partial charge is 0.399 e. The average molecular weight is 342 g/mol. The molecular weight excluding hydrogens is 311 g/mol. The third kappa shape index (κ3) is 3.11. The Hall–Kier alpha value is -1.04. The molecule has 0 atom stereocenters. The van der Waals surface area contributed by atoms with Gasteiger partial charge < -0.3 is 19.5 Å². The van der Waals surface area contributed by atoms with Crippen molar-refractivity contribution in [3.63, 3.8) is 0 Å². The zero-order chi connectivity index (χ0) is 17.7. The fraction of sp³-hybridized carbons (Fsp3) is 0.700. The summed E-state index contributed by atoms with van der Waals surface area (Å²) in [6.07, 6.45) is 3.92. The van der Waals surface area contributed by atoms with Crippen LogP contribution in [-0.4, -0.2) is 44.5 Å². The van der Waals surface area contributed by atoms with Gasteiger partial charge in [0.25, 0.3) is 0 Å². The monoisotopic (exact) mass is 342 g/mol. The second kappa shape index (κ2) is 6.29. The fourth-order valence-corrected chi connectivity index (χ4v) is 3.94.